The Morgan fingerprint density at radius 2 is 0.780 bits per heavy atom. The van der Waals surface area contributed by atoms with Crippen molar-refractivity contribution >= 4 is 11.9 Å². The van der Waals surface area contributed by atoms with E-state index in [-0.39, 0.29) is 0 Å². The fourth-order valence-electron chi connectivity index (χ4n) is 8.07. The molecule has 2 saturated heterocycles. The fourth-order valence-corrected chi connectivity index (χ4v) is 8.07. The molecule has 0 spiro atoms. The first-order chi connectivity index (χ1) is 24.1. The second-order valence-corrected chi connectivity index (χ2v) is 15.4. The smallest absolute Gasteiger partial charge is 0.414 e. The number of hydrogen-bond donors (Lipinski definition) is 2. The lowest BCUT2D eigenvalue weighted by molar-refractivity contribution is -0.159. The van der Waals surface area contributed by atoms with E-state index in [4.69, 9.17) is 19.8 Å². The van der Waals surface area contributed by atoms with Gasteiger partial charge in [-0.1, -0.05) is 76.2 Å². The van der Waals surface area contributed by atoms with Gasteiger partial charge >= 0.3 is 11.9 Å². The Morgan fingerprint density at radius 1 is 0.500 bits per heavy atom. The van der Waals surface area contributed by atoms with Crippen LogP contribution >= 0.6 is 0 Å². The Kier molecular flexibility index (Phi) is 16.7. The van der Waals surface area contributed by atoms with Crippen molar-refractivity contribution in [3.8, 4) is 0 Å². The Morgan fingerprint density at radius 3 is 1.04 bits per heavy atom. The third kappa shape index (κ3) is 13.4. The Hall–Kier alpha value is -2.78. The number of hydrogen-bond acceptors (Lipinski definition) is 6. The zero-order valence-electron chi connectivity index (χ0n) is 31.6. The van der Waals surface area contributed by atoms with Crippen LogP contribution in [-0.4, -0.2) is 106 Å². The van der Waals surface area contributed by atoms with Gasteiger partial charge in [0.1, 0.15) is 0 Å². The van der Waals surface area contributed by atoms with Gasteiger partial charge in [-0.3, -0.25) is 19.6 Å². The number of aryl methyl sites for hydroxylation is 2. The molecule has 8 nitrogen and oxygen atoms in total. The molecule has 2 aliphatic heterocycles. The summed E-state index contributed by atoms with van der Waals surface area (Å²) in [6.45, 7) is 21.6. The Bertz CT molecular complexity index is 1150. The summed E-state index contributed by atoms with van der Waals surface area (Å²) < 4.78 is 0. The fraction of sp³-hybridized carbons (Fsp3) is 0.667. The van der Waals surface area contributed by atoms with Crippen molar-refractivity contribution in [3.05, 3.63) is 70.8 Å². The highest BCUT2D eigenvalue weighted by molar-refractivity contribution is 6.27. The molecule has 2 heterocycles. The molecule has 2 aromatic carbocycles. The highest BCUT2D eigenvalue weighted by atomic mass is 16.4. The molecule has 2 N–H and O–H groups in total. The van der Waals surface area contributed by atoms with Gasteiger partial charge in [-0.2, -0.15) is 0 Å². The van der Waals surface area contributed by atoms with E-state index in [9.17, 15) is 0 Å². The van der Waals surface area contributed by atoms with Crippen molar-refractivity contribution in [2.24, 2.45) is 11.8 Å². The molecule has 0 atom stereocenters. The average Bonchev–Trinajstić information content (AvgIpc) is 3.14. The summed E-state index contributed by atoms with van der Waals surface area (Å²) >= 11 is 0. The first-order valence-corrected chi connectivity index (χ1v) is 19.7. The first-order valence-electron chi connectivity index (χ1n) is 19.7. The van der Waals surface area contributed by atoms with Crippen LogP contribution in [0, 0.1) is 11.8 Å². The molecule has 4 fully saturated rings. The van der Waals surface area contributed by atoms with Crippen LogP contribution in [0.2, 0.25) is 0 Å². The van der Waals surface area contributed by atoms with Gasteiger partial charge in [-0.05, 0) is 98.3 Å². The molecular formula is C42H66N4O4. The third-order valence-electron chi connectivity index (χ3n) is 11.7. The van der Waals surface area contributed by atoms with E-state index in [1.807, 2.05) is 0 Å². The maximum absolute atomic E-state index is 9.10. The highest BCUT2D eigenvalue weighted by Gasteiger charge is 2.28. The molecule has 0 aromatic heterocycles. The van der Waals surface area contributed by atoms with E-state index in [0.717, 1.165) is 49.9 Å². The van der Waals surface area contributed by atoms with Crippen molar-refractivity contribution in [3.63, 3.8) is 0 Å². The van der Waals surface area contributed by atoms with Crippen LogP contribution in [-0.2, 0) is 35.5 Å². The van der Waals surface area contributed by atoms with Crippen LogP contribution in [0.25, 0.3) is 0 Å². The Labute approximate surface area is 302 Å². The van der Waals surface area contributed by atoms with Gasteiger partial charge < -0.3 is 10.2 Å². The van der Waals surface area contributed by atoms with Gasteiger partial charge in [0.25, 0.3) is 0 Å². The molecule has 50 heavy (non-hydrogen) atoms. The van der Waals surface area contributed by atoms with Crippen LogP contribution in [0.4, 0.5) is 0 Å². The predicted molar refractivity (Wildman–Crippen MR) is 203 cm³/mol. The number of rotatable bonds is 8. The molecule has 4 aliphatic rings. The van der Waals surface area contributed by atoms with E-state index in [1.165, 1.54) is 126 Å². The molecular weight excluding hydrogens is 624 g/mol. The maximum atomic E-state index is 9.10. The van der Waals surface area contributed by atoms with E-state index < -0.39 is 11.9 Å². The Balaban J connectivity index is 0.000000194. The predicted octanol–water partition coefficient (Wildman–Crippen LogP) is 7.05. The third-order valence-corrected chi connectivity index (χ3v) is 11.7. The second kappa shape index (κ2) is 20.9. The van der Waals surface area contributed by atoms with Gasteiger partial charge in [0, 0.05) is 77.5 Å². The number of carboxylic acids is 2. The number of carbonyl (C=O) groups is 2. The lowest BCUT2D eigenvalue weighted by Crippen LogP contribution is -2.50. The minimum absolute atomic E-state index is 0.877. The number of nitrogens with zero attached hydrogens (tertiary/aromatic N) is 4. The summed E-state index contributed by atoms with van der Waals surface area (Å²) in [7, 11) is 0. The average molecular weight is 691 g/mol. The van der Waals surface area contributed by atoms with Gasteiger partial charge in [0.05, 0.1) is 0 Å². The quantitative estimate of drug-likeness (QED) is 0.285. The monoisotopic (exact) mass is 691 g/mol. The van der Waals surface area contributed by atoms with Gasteiger partial charge in [0.2, 0.25) is 0 Å². The number of aliphatic carboxylic acids is 2. The first kappa shape index (κ1) is 40.0. The topological polar surface area (TPSA) is 87.6 Å². The minimum atomic E-state index is -1.82. The number of carboxylic acid groups (broad SMARTS) is 2. The van der Waals surface area contributed by atoms with Crippen molar-refractivity contribution in [1.29, 1.82) is 0 Å². The standard InChI is InChI=1S/2C20H32N2.C2H2O4/c2*1-3-18-6-8-19(9-7-18)16-21-12-14-22(15-13-21)20-10-4-17(2)5-11-20;3-1(4)2(5)6/h2*6-9,17,20H,3-5,10-16H2,1-2H3;(H,3,4)(H,5,6). The molecule has 6 rings (SSSR count). The van der Waals surface area contributed by atoms with Crippen LogP contribution in [0.5, 0.6) is 0 Å². The minimum Gasteiger partial charge on any atom is -0.473 e. The zero-order chi connectivity index (χ0) is 35.9. The van der Waals surface area contributed by atoms with Crippen molar-refractivity contribution < 1.29 is 19.8 Å². The lowest BCUT2D eigenvalue weighted by Gasteiger charge is -2.41. The number of benzene rings is 2. The van der Waals surface area contributed by atoms with E-state index in [0.29, 0.717) is 0 Å². The van der Waals surface area contributed by atoms with Crippen molar-refractivity contribution in [2.45, 2.75) is 117 Å². The zero-order valence-corrected chi connectivity index (χ0v) is 31.6. The molecule has 0 bridgehead atoms. The van der Waals surface area contributed by atoms with Gasteiger partial charge in [0.15, 0.2) is 0 Å². The van der Waals surface area contributed by atoms with Crippen molar-refractivity contribution in [1.82, 2.24) is 19.6 Å². The second-order valence-electron chi connectivity index (χ2n) is 15.4. The lowest BCUT2D eigenvalue weighted by atomic mass is 9.86. The normalized spacial score (nSPS) is 25.4. The van der Waals surface area contributed by atoms with E-state index >= 15 is 0 Å². The van der Waals surface area contributed by atoms with Gasteiger partial charge in [-0.15, -0.1) is 0 Å². The molecule has 278 valence electrons. The molecule has 0 radical (unpaired) electrons. The highest BCUT2D eigenvalue weighted by Crippen LogP contribution is 2.29. The summed E-state index contributed by atoms with van der Waals surface area (Å²) in [5.41, 5.74) is 5.83. The largest absolute Gasteiger partial charge is 0.473 e. The van der Waals surface area contributed by atoms with Crippen LogP contribution in [0.1, 0.15) is 101 Å². The molecule has 2 aliphatic carbocycles. The van der Waals surface area contributed by atoms with E-state index in [2.05, 4.69) is 95.8 Å². The van der Waals surface area contributed by atoms with Gasteiger partial charge in [-0.25, -0.2) is 9.59 Å². The maximum Gasteiger partial charge on any atom is 0.414 e. The summed E-state index contributed by atoms with van der Waals surface area (Å²) in [6.07, 6.45) is 13.8. The number of piperazine rings is 2. The SMILES string of the molecule is CCc1ccc(CN2CCN(C3CCC(C)CC3)CC2)cc1.CCc1ccc(CN2CCN(C3CCC(C)CC3)CC2)cc1.O=C(O)C(=O)O. The summed E-state index contributed by atoms with van der Waals surface area (Å²) in [6, 6.07) is 20.2. The molecule has 0 unspecified atom stereocenters. The molecule has 2 aromatic rings. The molecule has 2 saturated carbocycles. The van der Waals surface area contributed by atoms with Crippen LogP contribution < -0.4 is 0 Å². The molecule has 8 heteroatoms. The summed E-state index contributed by atoms with van der Waals surface area (Å²) in [4.78, 5) is 29.0. The summed E-state index contributed by atoms with van der Waals surface area (Å²) in [5, 5.41) is 14.8. The summed E-state index contributed by atoms with van der Waals surface area (Å²) in [5.74, 6) is -1.72. The molecule has 0 amide bonds. The van der Waals surface area contributed by atoms with Crippen LogP contribution in [0.3, 0.4) is 0 Å². The van der Waals surface area contributed by atoms with Crippen molar-refractivity contribution in [2.75, 3.05) is 52.4 Å². The van der Waals surface area contributed by atoms with Crippen LogP contribution in [0.15, 0.2) is 48.5 Å². The van der Waals surface area contributed by atoms with E-state index in [1.54, 1.807) is 0 Å².